The van der Waals surface area contributed by atoms with E-state index in [0.29, 0.717) is 18.8 Å². The monoisotopic (exact) mass is 332 g/mol. The van der Waals surface area contributed by atoms with Gasteiger partial charge in [-0.05, 0) is 23.4 Å². The van der Waals surface area contributed by atoms with Crippen molar-refractivity contribution in [2.75, 3.05) is 13.1 Å². The van der Waals surface area contributed by atoms with Crippen molar-refractivity contribution in [3.05, 3.63) is 39.3 Å². The largest absolute Gasteiger partial charge is 0.389 e. The standard InChI is InChI=1S/C15H16N4O3S/c20-10-6-16-14(21)12-5-11(17-19(12)8-10)15(22)18-3-1-13-9(7-18)2-4-23-13/h2,4-5,10,20H,1,3,6-8H2,(H,16,21). The summed E-state index contributed by atoms with van der Waals surface area (Å²) in [6.07, 6.45) is 0.150. The number of aliphatic hydroxyl groups is 1. The number of hydrogen-bond acceptors (Lipinski definition) is 5. The van der Waals surface area contributed by atoms with Crippen LogP contribution in [-0.2, 0) is 19.5 Å². The molecule has 2 aliphatic rings. The lowest BCUT2D eigenvalue weighted by Crippen LogP contribution is -2.35. The van der Waals surface area contributed by atoms with E-state index in [1.54, 1.807) is 16.2 Å². The molecule has 0 saturated carbocycles. The zero-order chi connectivity index (χ0) is 16.0. The molecule has 4 heterocycles. The van der Waals surface area contributed by atoms with Crippen LogP contribution in [0.5, 0.6) is 0 Å². The lowest BCUT2D eigenvalue weighted by molar-refractivity contribution is 0.0727. The average Bonchev–Trinajstić information content (AvgIpc) is 3.15. The number of rotatable bonds is 1. The Balaban J connectivity index is 1.59. The van der Waals surface area contributed by atoms with Crippen LogP contribution in [0.25, 0.3) is 0 Å². The summed E-state index contributed by atoms with van der Waals surface area (Å²) in [7, 11) is 0. The highest BCUT2D eigenvalue weighted by Gasteiger charge is 2.28. The Morgan fingerprint density at radius 1 is 1.48 bits per heavy atom. The Morgan fingerprint density at radius 2 is 2.35 bits per heavy atom. The van der Waals surface area contributed by atoms with Crippen LogP contribution in [0.4, 0.5) is 0 Å². The van der Waals surface area contributed by atoms with E-state index in [0.717, 1.165) is 6.42 Å². The van der Waals surface area contributed by atoms with Crippen molar-refractivity contribution in [3.8, 4) is 0 Å². The molecule has 2 aromatic rings. The first-order valence-corrected chi connectivity index (χ1v) is 8.38. The van der Waals surface area contributed by atoms with E-state index < -0.39 is 6.10 Å². The highest BCUT2D eigenvalue weighted by molar-refractivity contribution is 7.10. The fourth-order valence-corrected chi connectivity index (χ4v) is 3.88. The van der Waals surface area contributed by atoms with E-state index in [4.69, 9.17) is 0 Å². The molecule has 0 radical (unpaired) electrons. The van der Waals surface area contributed by atoms with E-state index in [2.05, 4.69) is 10.4 Å². The van der Waals surface area contributed by atoms with E-state index in [9.17, 15) is 14.7 Å². The Kier molecular flexibility index (Phi) is 3.42. The lowest BCUT2D eigenvalue weighted by Gasteiger charge is -2.26. The van der Waals surface area contributed by atoms with Crippen LogP contribution < -0.4 is 5.32 Å². The molecule has 0 aromatic carbocycles. The molecular weight excluding hydrogens is 316 g/mol. The minimum atomic E-state index is -0.702. The van der Waals surface area contributed by atoms with E-state index in [1.807, 2.05) is 11.4 Å². The molecule has 0 bridgehead atoms. The second-order valence-corrected chi connectivity index (χ2v) is 6.81. The molecule has 120 valence electrons. The summed E-state index contributed by atoms with van der Waals surface area (Å²) in [6, 6.07) is 3.56. The summed E-state index contributed by atoms with van der Waals surface area (Å²) in [4.78, 5) is 27.8. The van der Waals surface area contributed by atoms with Gasteiger partial charge in [-0.1, -0.05) is 0 Å². The average molecular weight is 332 g/mol. The van der Waals surface area contributed by atoms with Gasteiger partial charge >= 0.3 is 0 Å². The second-order valence-electron chi connectivity index (χ2n) is 5.81. The molecule has 2 aromatic heterocycles. The van der Waals surface area contributed by atoms with Crippen molar-refractivity contribution in [1.82, 2.24) is 20.0 Å². The van der Waals surface area contributed by atoms with Gasteiger partial charge in [-0.25, -0.2) is 0 Å². The van der Waals surface area contributed by atoms with Gasteiger partial charge in [0.15, 0.2) is 5.69 Å². The van der Waals surface area contributed by atoms with Gasteiger partial charge in [-0.2, -0.15) is 5.10 Å². The topological polar surface area (TPSA) is 87.5 Å². The normalized spacial score (nSPS) is 20.5. The first kappa shape index (κ1) is 14.4. The van der Waals surface area contributed by atoms with Crippen molar-refractivity contribution in [2.24, 2.45) is 0 Å². The molecule has 2 N–H and O–H groups in total. The molecule has 0 saturated heterocycles. The van der Waals surface area contributed by atoms with Crippen LogP contribution in [0.1, 0.15) is 31.4 Å². The third-order valence-electron chi connectivity index (χ3n) is 4.21. The second kappa shape index (κ2) is 5.47. The molecular formula is C15H16N4O3S. The quantitative estimate of drug-likeness (QED) is 0.783. The molecule has 1 atom stereocenters. The number of hydrogen-bond donors (Lipinski definition) is 2. The number of carbonyl (C=O) groups is 2. The van der Waals surface area contributed by atoms with Crippen LogP contribution in [0, 0.1) is 0 Å². The van der Waals surface area contributed by atoms with Crippen molar-refractivity contribution in [1.29, 1.82) is 0 Å². The van der Waals surface area contributed by atoms with Gasteiger partial charge in [-0.3, -0.25) is 14.3 Å². The molecule has 8 heteroatoms. The number of carbonyl (C=O) groups excluding carboxylic acids is 2. The maximum absolute atomic E-state index is 12.7. The molecule has 0 spiro atoms. The molecule has 0 aliphatic carbocycles. The highest BCUT2D eigenvalue weighted by atomic mass is 32.1. The summed E-state index contributed by atoms with van der Waals surface area (Å²) >= 11 is 1.72. The van der Waals surface area contributed by atoms with Gasteiger partial charge in [0.1, 0.15) is 5.69 Å². The third kappa shape index (κ3) is 2.53. The van der Waals surface area contributed by atoms with Crippen molar-refractivity contribution < 1.29 is 14.7 Å². The number of aliphatic hydroxyl groups excluding tert-OH is 1. The summed E-state index contributed by atoms with van der Waals surface area (Å²) in [6.45, 7) is 1.63. The smallest absolute Gasteiger partial charge is 0.274 e. The maximum atomic E-state index is 12.7. The van der Waals surface area contributed by atoms with E-state index >= 15 is 0 Å². The summed E-state index contributed by atoms with van der Waals surface area (Å²) in [5, 5.41) is 18.7. The summed E-state index contributed by atoms with van der Waals surface area (Å²) in [5.41, 5.74) is 1.75. The van der Waals surface area contributed by atoms with Crippen molar-refractivity contribution in [2.45, 2.75) is 25.6 Å². The predicted molar refractivity (Wildman–Crippen MR) is 83.3 cm³/mol. The molecule has 0 fully saturated rings. The Bertz CT molecular complexity index is 782. The summed E-state index contributed by atoms with van der Waals surface area (Å²) < 4.78 is 1.42. The van der Waals surface area contributed by atoms with Crippen molar-refractivity contribution >= 4 is 23.2 Å². The zero-order valence-electron chi connectivity index (χ0n) is 12.4. The highest BCUT2D eigenvalue weighted by Crippen LogP contribution is 2.25. The SMILES string of the molecule is O=C1NCC(O)Cn2nc(C(=O)N3CCc4sccc4C3)cc21. The Morgan fingerprint density at radius 3 is 3.22 bits per heavy atom. The van der Waals surface area contributed by atoms with Crippen LogP contribution >= 0.6 is 11.3 Å². The van der Waals surface area contributed by atoms with Crippen LogP contribution in [-0.4, -0.2) is 50.8 Å². The predicted octanol–water partition coefficient (Wildman–Crippen LogP) is 0.247. The number of thiophene rings is 1. The minimum Gasteiger partial charge on any atom is -0.389 e. The number of nitrogens with zero attached hydrogens (tertiary/aromatic N) is 3. The molecule has 1 unspecified atom stereocenters. The van der Waals surface area contributed by atoms with E-state index in [1.165, 1.54) is 21.2 Å². The van der Waals surface area contributed by atoms with Gasteiger partial charge in [0.25, 0.3) is 11.8 Å². The molecule has 23 heavy (non-hydrogen) atoms. The Hall–Kier alpha value is -2.19. The van der Waals surface area contributed by atoms with Gasteiger partial charge in [-0.15, -0.1) is 11.3 Å². The van der Waals surface area contributed by atoms with Gasteiger partial charge < -0.3 is 15.3 Å². The number of aromatic nitrogens is 2. The fourth-order valence-electron chi connectivity index (χ4n) is 2.99. The number of nitrogens with one attached hydrogen (secondary N) is 1. The number of amides is 2. The van der Waals surface area contributed by atoms with Crippen LogP contribution in [0.15, 0.2) is 17.5 Å². The number of fused-ring (bicyclic) bond motifs is 2. The van der Waals surface area contributed by atoms with Gasteiger partial charge in [0.2, 0.25) is 0 Å². The number of β-amino-alcohol motifs (C(OH)–C–C–N with tert-alkyl or cyclic N) is 1. The van der Waals surface area contributed by atoms with Gasteiger partial charge in [0.05, 0.1) is 12.6 Å². The first-order chi connectivity index (χ1) is 11.1. The maximum Gasteiger partial charge on any atom is 0.274 e. The molecule has 4 rings (SSSR count). The Labute approximate surface area is 136 Å². The summed E-state index contributed by atoms with van der Waals surface area (Å²) in [5.74, 6) is -0.489. The molecule has 7 nitrogen and oxygen atoms in total. The lowest BCUT2D eigenvalue weighted by atomic mass is 10.1. The van der Waals surface area contributed by atoms with Crippen LogP contribution in [0.3, 0.4) is 0 Å². The van der Waals surface area contributed by atoms with Crippen molar-refractivity contribution in [3.63, 3.8) is 0 Å². The zero-order valence-corrected chi connectivity index (χ0v) is 13.2. The molecule has 2 amide bonds. The first-order valence-electron chi connectivity index (χ1n) is 7.50. The van der Waals surface area contributed by atoms with Gasteiger partial charge in [0, 0.05) is 30.6 Å². The van der Waals surface area contributed by atoms with Crippen LogP contribution in [0.2, 0.25) is 0 Å². The third-order valence-corrected chi connectivity index (χ3v) is 5.23. The van der Waals surface area contributed by atoms with E-state index in [-0.39, 0.29) is 30.6 Å². The minimum absolute atomic E-state index is 0.176. The molecule has 2 aliphatic heterocycles. The fraction of sp³-hybridized carbons (Fsp3) is 0.400.